The first kappa shape index (κ1) is 10.7. The normalized spacial score (nSPS) is 21.4. The van der Waals surface area contributed by atoms with E-state index in [1.54, 1.807) is 0 Å². The predicted molar refractivity (Wildman–Crippen MR) is 54.5 cm³/mol. The van der Waals surface area contributed by atoms with Crippen molar-refractivity contribution in [3.8, 4) is 0 Å². The number of hydrogen-bond donors (Lipinski definition) is 1. The van der Waals surface area contributed by atoms with Crippen LogP contribution in [-0.4, -0.2) is 12.3 Å². The van der Waals surface area contributed by atoms with Crippen LogP contribution in [0.2, 0.25) is 0 Å². The molecule has 0 aromatic carbocycles. The molecule has 0 radical (unpaired) electrons. The van der Waals surface area contributed by atoms with E-state index >= 15 is 0 Å². The molecule has 2 N–H and O–H groups in total. The molecule has 0 aromatic rings. The number of hydrogen-bond acceptors (Lipinski definition) is 2. The van der Waals surface area contributed by atoms with Crippen LogP contribution in [0.5, 0.6) is 0 Å². The zero-order chi connectivity index (χ0) is 9.73. The van der Waals surface area contributed by atoms with Gasteiger partial charge in [-0.25, -0.2) is 0 Å². The van der Waals surface area contributed by atoms with Gasteiger partial charge in [-0.1, -0.05) is 26.2 Å². The Morgan fingerprint density at radius 1 is 1.31 bits per heavy atom. The van der Waals surface area contributed by atoms with Crippen molar-refractivity contribution in [2.75, 3.05) is 6.54 Å². The molecule has 1 saturated carbocycles. The van der Waals surface area contributed by atoms with Gasteiger partial charge in [-0.2, -0.15) is 0 Å². The molecule has 0 aliphatic heterocycles. The number of carbonyl (C=O) groups excluding carboxylic acids is 1. The van der Waals surface area contributed by atoms with Gasteiger partial charge in [0.2, 0.25) is 0 Å². The van der Waals surface area contributed by atoms with Crippen molar-refractivity contribution in [3.05, 3.63) is 0 Å². The second-order valence-electron chi connectivity index (χ2n) is 4.33. The van der Waals surface area contributed by atoms with Gasteiger partial charge in [0.25, 0.3) is 0 Å². The standard InChI is InChI=1S/C11H21NO/c1-2-10(13)8-11(9-12)6-4-3-5-7-11/h2-9,12H2,1H3. The molecule has 1 aliphatic carbocycles. The second-order valence-corrected chi connectivity index (χ2v) is 4.33. The van der Waals surface area contributed by atoms with Crippen molar-refractivity contribution in [1.82, 2.24) is 0 Å². The molecule has 0 bridgehead atoms. The third kappa shape index (κ3) is 2.80. The smallest absolute Gasteiger partial charge is 0.133 e. The molecule has 0 spiro atoms. The fourth-order valence-electron chi connectivity index (χ4n) is 2.30. The van der Waals surface area contributed by atoms with Gasteiger partial charge in [-0.15, -0.1) is 0 Å². The van der Waals surface area contributed by atoms with Crippen LogP contribution in [0, 0.1) is 5.41 Å². The van der Waals surface area contributed by atoms with Gasteiger partial charge in [0, 0.05) is 12.8 Å². The van der Waals surface area contributed by atoms with Crippen molar-refractivity contribution in [2.45, 2.75) is 51.9 Å². The summed E-state index contributed by atoms with van der Waals surface area (Å²) in [5, 5.41) is 0. The van der Waals surface area contributed by atoms with Crippen LogP contribution in [0.3, 0.4) is 0 Å². The van der Waals surface area contributed by atoms with Crippen molar-refractivity contribution in [3.63, 3.8) is 0 Å². The number of rotatable bonds is 4. The Bertz CT molecular complexity index is 171. The summed E-state index contributed by atoms with van der Waals surface area (Å²) in [6.07, 6.45) is 7.55. The average molecular weight is 183 g/mol. The van der Waals surface area contributed by atoms with E-state index in [0.29, 0.717) is 18.7 Å². The lowest BCUT2D eigenvalue weighted by Gasteiger charge is -2.35. The Kier molecular flexibility index (Phi) is 3.91. The summed E-state index contributed by atoms with van der Waals surface area (Å²) in [5.74, 6) is 0.382. The van der Waals surface area contributed by atoms with Gasteiger partial charge in [0.15, 0.2) is 0 Å². The zero-order valence-corrected chi connectivity index (χ0v) is 8.64. The Morgan fingerprint density at radius 3 is 2.38 bits per heavy atom. The highest BCUT2D eigenvalue weighted by atomic mass is 16.1. The number of nitrogens with two attached hydrogens (primary N) is 1. The van der Waals surface area contributed by atoms with E-state index in [0.717, 1.165) is 19.3 Å². The van der Waals surface area contributed by atoms with Crippen LogP contribution in [0.25, 0.3) is 0 Å². The van der Waals surface area contributed by atoms with E-state index in [1.807, 2.05) is 6.92 Å². The van der Waals surface area contributed by atoms with Crippen molar-refractivity contribution in [1.29, 1.82) is 0 Å². The van der Waals surface area contributed by atoms with Crippen LogP contribution in [-0.2, 0) is 4.79 Å². The SMILES string of the molecule is CCC(=O)CC1(CN)CCCCC1. The fourth-order valence-corrected chi connectivity index (χ4v) is 2.30. The van der Waals surface area contributed by atoms with Crippen LogP contribution in [0.15, 0.2) is 0 Å². The van der Waals surface area contributed by atoms with Crippen LogP contribution >= 0.6 is 0 Å². The molecule has 0 heterocycles. The Labute approximate surface area is 80.9 Å². The quantitative estimate of drug-likeness (QED) is 0.726. The van der Waals surface area contributed by atoms with Gasteiger partial charge in [0.05, 0.1) is 0 Å². The number of ketones is 1. The van der Waals surface area contributed by atoms with Gasteiger partial charge >= 0.3 is 0 Å². The van der Waals surface area contributed by atoms with E-state index in [1.165, 1.54) is 19.3 Å². The maximum absolute atomic E-state index is 11.4. The first-order valence-electron chi connectivity index (χ1n) is 5.44. The van der Waals surface area contributed by atoms with Gasteiger partial charge in [0.1, 0.15) is 5.78 Å². The minimum atomic E-state index is 0.172. The van der Waals surface area contributed by atoms with E-state index in [9.17, 15) is 4.79 Å². The van der Waals surface area contributed by atoms with Gasteiger partial charge < -0.3 is 5.73 Å². The first-order chi connectivity index (χ1) is 6.22. The first-order valence-corrected chi connectivity index (χ1v) is 5.44. The maximum Gasteiger partial charge on any atom is 0.133 e. The summed E-state index contributed by atoms with van der Waals surface area (Å²) in [4.78, 5) is 11.4. The largest absolute Gasteiger partial charge is 0.330 e. The van der Waals surface area contributed by atoms with Crippen molar-refractivity contribution in [2.24, 2.45) is 11.1 Å². The lowest BCUT2D eigenvalue weighted by atomic mass is 9.71. The molecule has 1 fully saturated rings. The molecule has 76 valence electrons. The van der Waals surface area contributed by atoms with Crippen LogP contribution in [0.1, 0.15) is 51.9 Å². The van der Waals surface area contributed by atoms with Crippen LogP contribution < -0.4 is 5.73 Å². The maximum atomic E-state index is 11.4. The minimum Gasteiger partial charge on any atom is -0.330 e. The van der Waals surface area contributed by atoms with E-state index < -0.39 is 0 Å². The number of carbonyl (C=O) groups is 1. The monoisotopic (exact) mass is 183 g/mol. The second kappa shape index (κ2) is 4.75. The summed E-state index contributed by atoms with van der Waals surface area (Å²) in [7, 11) is 0. The topological polar surface area (TPSA) is 43.1 Å². The Balaban J connectivity index is 2.52. The molecule has 1 rings (SSSR count). The molecule has 0 amide bonds. The van der Waals surface area contributed by atoms with E-state index in [-0.39, 0.29) is 5.41 Å². The summed E-state index contributed by atoms with van der Waals surface area (Å²) in [6, 6.07) is 0. The lowest BCUT2D eigenvalue weighted by Crippen LogP contribution is -2.34. The highest BCUT2D eigenvalue weighted by molar-refractivity contribution is 5.78. The molecule has 13 heavy (non-hydrogen) atoms. The highest BCUT2D eigenvalue weighted by Gasteiger charge is 2.32. The van der Waals surface area contributed by atoms with E-state index in [4.69, 9.17) is 5.73 Å². The summed E-state index contributed by atoms with van der Waals surface area (Å²) < 4.78 is 0. The van der Waals surface area contributed by atoms with E-state index in [2.05, 4.69) is 0 Å². The van der Waals surface area contributed by atoms with Crippen molar-refractivity contribution >= 4 is 5.78 Å². The molecular weight excluding hydrogens is 162 g/mol. The average Bonchev–Trinajstić information content (AvgIpc) is 2.19. The lowest BCUT2D eigenvalue weighted by molar-refractivity contribution is -0.121. The summed E-state index contributed by atoms with van der Waals surface area (Å²) >= 11 is 0. The zero-order valence-electron chi connectivity index (χ0n) is 8.64. The number of Topliss-reactive ketones (excluding diaryl/α,β-unsaturated/α-hetero) is 1. The van der Waals surface area contributed by atoms with Gasteiger partial charge in [-0.3, -0.25) is 4.79 Å². The Morgan fingerprint density at radius 2 is 1.92 bits per heavy atom. The summed E-state index contributed by atoms with van der Waals surface area (Å²) in [6.45, 7) is 2.63. The molecular formula is C11H21NO. The molecule has 2 heteroatoms. The molecule has 2 nitrogen and oxygen atoms in total. The molecule has 0 atom stereocenters. The molecule has 1 aliphatic rings. The third-order valence-electron chi connectivity index (χ3n) is 3.31. The van der Waals surface area contributed by atoms with Crippen molar-refractivity contribution < 1.29 is 4.79 Å². The van der Waals surface area contributed by atoms with Gasteiger partial charge in [-0.05, 0) is 24.8 Å². The molecule has 0 saturated heterocycles. The molecule has 0 aromatic heterocycles. The molecule has 0 unspecified atom stereocenters. The Hall–Kier alpha value is -0.370. The fraction of sp³-hybridized carbons (Fsp3) is 0.909. The third-order valence-corrected chi connectivity index (χ3v) is 3.31. The highest BCUT2D eigenvalue weighted by Crippen LogP contribution is 2.38. The predicted octanol–water partition coefficient (Wildman–Crippen LogP) is 2.26. The van der Waals surface area contributed by atoms with Crippen LogP contribution in [0.4, 0.5) is 0 Å². The minimum absolute atomic E-state index is 0.172. The summed E-state index contributed by atoms with van der Waals surface area (Å²) in [5.41, 5.74) is 5.96.